The number of aliphatic carboxylic acids is 1. The SMILES string of the molecule is C=CCNC(=O)OC/C=C\C1=C(C(=O)O)N2C(=O)[C@@H](NC(=O)/C(=N\O)c3csc(N)n3)[C@H]2SC1. The number of thioether (sulfide) groups is 1. The number of nitrogens with two attached hydrogens (primary N) is 1. The van der Waals surface area contributed by atoms with Gasteiger partial charge in [-0.1, -0.05) is 17.3 Å². The summed E-state index contributed by atoms with van der Waals surface area (Å²) in [7, 11) is 0. The lowest BCUT2D eigenvalue weighted by atomic mass is 10.0. The minimum atomic E-state index is -1.32. The number of hydrogen-bond donors (Lipinski definition) is 5. The summed E-state index contributed by atoms with van der Waals surface area (Å²) >= 11 is 2.28. The standard InChI is InChI=1S/C19H20N6O7S2/c1-2-5-21-19(30)32-6-3-4-9-7-33-16-12(15(27)25(16)13(9)17(28)29)23-14(26)11(24-31)10-8-34-18(20)22-10/h2-4,8,12,16,31H,1,5-7H2,(H2,20,22)(H,21,30)(H,23,26)(H,28,29)/b4-3-,24-11-/t12-,16-/m1/s1. The Morgan fingerprint density at radius 1 is 1.44 bits per heavy atom. The van der Waals surface area contributed by atoms with Crippen molar-refractivity contribution < 1.29 is 34.2 Å². The molecule has 3 rings (SSSR count). The first kappa shape index (κ1) is 24.8. The van der Waals surface area contributed by atoms with Gasteiger partial charge >= 0.3 is 12.1 Å². The van der Waals surface area contributed by atoms with Crippen LogP contribution in [0.3, 0.4) is 0 Å². The third kappa shape index (κ3) is 5.20. The molecule has 0 radical (unpaired) electrons. The molecule has 0 bridgehead atoms. The Balaban J connectivity index is 1.67. The number of alkyl carbamates (subject to hydrolysis) is 1. The number of hydrogen-bond acceptors (Lipinski definition) is 11. The summed E-state index contributed by atoms with van der Waals surface area (Å²) in [4.78, 5) is 53.5. The quantitative estimate of drug-likeness (QED) is 0.100. The highest BCUT2D eigenvalue weighted by molar-refractivity contribution is 8.00. The van der Waals surface area contributed by atoms with Crippen LogP contribution in [0.4, 0.5) is 9.93 Å². The number of allylic oxidation sites excluding steroid dienone is 1. The van der Waals surface area contributed by atoms with Crippen LogP contribution in [-0.2, 0) is 19.1 Å². The molecule has 15 heteroatoms. The number of carboxylic acid groups (broad SMARTS) is 1. The van der Waals surface area contributed by atoms with E-state index >= 15 is 0 Å². The van der Waals surface area contributed by atoms with Gasteiger partial charge in [-0.15, -0.1) is 29.7 Å². The average Bonchev–Trinajstić information content (AvgIpc) is 3.24. The number of oxime groups is 1. The number of amides is 3. The van der Waals surface area contributed by atoms with Gasteiger partial charge in [0.15, 0.2) is 10.8 Å². The molecule has 0 saturated carbocycles. The summed E-state index contributed by atoms with van der Waals surface area (Å²) in [5.74, 6) is -2.58. The molecular formula is C19H20N6O7S2. The minimum Gasteiger partial charge on any atom is -0.477 e. The van der Waals surface area contributed by atoms with Crippen LogP contribution in [0.25, 0.3) is 0 Å². The van der Waals surface area contributed by atoms with Crippen LogP contribution in [0.2, 0.25) is 0 Å². The molecule has 0 spiro atoms. The van der Waals surface area contributed by atoms with Crippen LogP contribution >= 0.6 is 23.1 Å². The predicted octanol–water partition coefficient (Wildman–Crippen LogP) is 0.111. The maximum Gasteiger partial charge on any atom is 0.407 e. The van der Waals surface area contributed by atoms with Crippen LogP contribution in [0.1, 0.15) is 5.69 Å². The van der Waals surface area contributed by atoms with Crippen molar-refractivity contribution in [2.24, 2.45) is 5.16 Å². The Labute approximate surface area is 201 Å². The molecule has 34 heavy (non-hydrogen) atoms. The number of carboxylic acids is 1. The number of thiazole rings is 1. The van der Waals surface area contributed by atoms with Gasteiger partial charge in [0, 0.05) is 17.7 Å². The highest BCUT2D eigenvalue weighted by atomic mass is 32.2. The molecule has 2 aliphatic heterocycles. The Morgan fingerprint density at radius 3 is 2.82 bits per heavy atom. The van der Waals surface area contributed by atoms with Crippen molar-refractivity contribution in [3.8, 4) is 0 Å². The largest absolute Gasteiger partial charge is 0.477 e. The lowest BCUT2D eigenvalue weighted by Gasteiger charge is -2.49. The van der Waals surface area contributed by atoms with Crippen LogP contribution in [-0.4, -0.2) is 80.1 Å². The van der Waals surface area contributed by atoms with Crippen molar-refractivity contribution in [3.63, 3.8) is 0 Å². The Hall–Kier alpha value is -3.85. The van der Waals surface area contributed by atoms with Gasteiger partial charge in [-0.2, -0.15) is 0 Å². The fraction of sp³-hybridized carbons (Fsp3) is 0.263. The summed E-state index contributed by atoms with van der Waals surface area (Å²) in [6.07, 6.45) is 3.76. The summed E-state index contributed by atoms with van der Waals surface area (Å²) in [5.41, 5.74) is 5.27. The van der Waals surface area contributed by atoms with Crippen molar-refractivity contribution in [2.45, 2.75) is 11.4 Å². The molecule has 13 nitrogen and oxygen atoms in total. The van der Waals surface area contributed by atoms with E-state index in [1.54, 1.807) is 0 Å². The molecule has 6 N–H and O–H groups in total. The van der Waals surface area contributed by atoms with Crippen LogP contribution in [0.5, 0.6) is 0 Å². The molecule has 0 aromatic carbocycles. The van der Waals surface area contributed by atoms with E-state index in [1.807, 2.05) is 0 Å². The number of carbonyl (C=O) groups excluding carboxylic acids is 3. The van der Waals surface area contributed by atoms with Gasteiger partial charge < -0.3 is 31.4 Å². The van der Waals surface area contributed by atoms with E-state index in [-0.39, 0.29) is 35.4 Å². The molecule has 0 unspecified atom stereocenters. The highest BCUT2D eigenvalue weighted by Crippen LogP contribution is 2.40. The molecule has 1 saturated heterocycles. The lowest BCUT2D eigenvalue weighted by molar-refractivity contribution is -0.150. The molecule has 3 amide bonds. The van der Waals surface area contributed by atoms with Gasteiger partial charge in [-0.05, 0) is 11.6 Å². The highest BCUT2D eigenvalue weighted by Gasteiger charge is 2.54. The van der Waals surface area contributed by atoms with Crippen molar-refractivity contribution in [2.75, 3.05) is 24.6 Å². The van der Waals surface area contributed by atoms with Crippen LogP contribution in [0.15, 0.2) is 46.6 Å². The summed E-state index contributed by atoms with van der Waals surface area (Å²) in [5, 5.41) is 27.6. The summed E-state index contributed by atoms with van der Waals surface area (Å²) < 4.78 is 4.91. The number of nitrogen functional groups attached to an aromatic ring is 1. The molecule has 0 aliphatic carbocycles. The number of aromatic nitrogens is 1. The maximum absolute atomic E-state index is 12.7. The van der Waals surface area contributed by atoms with Gasteiger partial charge in [-0.25, -0.2) is 14.6 Å². The van der Waals surface area contributed by atoms with Crippen LogP contribution < -0.4 is 16.4 Å². The van der Waals surface area contributed by atoms with E-state index in [0.717, 1.165) is 16.2 Å². The number of fused-ring (bicyclic) bond motifs is 1. The predicted molar refractivity (Wildman–Crippen MR) is 123 cm³/mol. The molecule has 3 heterocycles. The first-order chi connectivity index (χ1) is 16.3. The van der Waals surface area contributed by atoms with E-state index in [4.69, 9.17) is 10.5 Å². The lowest BCUT2D eigenvalue weighted by Crippen LogP contribution is -2.71. The second kappa shape index (κ2) is 10.8. The smallest absolute Gasteiger partial charge is 0.407 e. The topological polar surface area (TPSA) is 197 Å². The Morgan fingerprint density at radius 2 is 2.21 bits per heavy atom. The number of carbonyl (C=O) groups is 4. The molecule has 2 aliphatic rings. The van der Waals surface area contributed by atoms with Gasteiger partial charge in [0.05, 0.1) is 0 Å². The first-order valence-corrected chi connectivity index (χ1v) is 11.5. The molecule has 2 atom stereocenters. The number of rotatable bonds is 9. The number of ether oxygens (including phenoxy) is 1. The fourth-order valence-corrected chi connectivity index (χ4v) is 4.98. The summed E-state index contributed by atoms with van der Waals surface area (Å²) in [6.45, 7) is 3.60. The van der Waals surface area contributed by atoms with Crippen molar-refractivity contribution >= 4 is 57.8 Å². The van der Waals surface area contributed by atoms with E-state index in [2.05, 4.69) is 27.4 Å². The zero-order valence-corrected chi connectivity index (χ0v) is 19.1. The van der Waals surface area contributed by atoms with Crippen molar-refractivity contribution in [1.82, 2.24) is 20.5 Å². The molecule has 1 aromatic rings. The molecule has 1 fully saturated rings. The monoisotopic (exact) mass is 508 g/mol. The third-order valence-corrected chi connectivity index (χ3v) is 6.56. The van der Waals surface area contributed by atoms with E-state index in [1.165, 1.54) is 35.4 Å². The summed E-state index contributed by atoms with van der Waals surface area (Å²) in [6, 6.07) is -1.03. The number of nitrogens with zero attached hydrogens (tertiary/aromatic N) is 3. The van der Waals surface area contributed by atoms with E-state index in [9.17, 15) is 29.5 Å². The van der Waals surface area contributed by atoms with Gasteiger partial charge in [0.25, 0.3) is 11.8 Å². The van der Waals surface area contributed by atoms with Gasteiger partial charge in [0.1, 0.15) is 29.4 Å². The Bertz CT molecular complexity index is 1110. The molecular weight excluding hydrogens is 488 g/mol. The zero-order chi connectivity index (χ0) is 24.8. The van der Waals surface area contributed by atoms with Crippen LogP contribution in [0, 0.1) is 0 Å². The van der Waals surface area contributed by atoms with Crippen molar-refractivity contribution in [3.05, 3.63) is 47.2 Å². The van der Waals surface area contributed by atoms with Crippen molar-refractivity contribution in [1.29, 1.82) is 0 Å². The second-order valence-corrected chi connectivity index (χ2v) is 8.72. The number of nitrogens with one attached hydrogen (secondary N) is 2. The van der Waals surface area contributed by atoms with E-state index in [0.29, 0.717) is 5.57 Å². The fourth-order valence-electron chi connectivity index (χ4n) is 3.11. The zero-order valence-electron chi connectivity index (χ0n) is 17.5. The van der Waals surface area contributed by atoms with Gasteiger partial charge in [-0.3, -0.25) is 14.5 Å². The first-order valence-electron chi connectivity index (χ1n) is 9.62. The third-order valence-electron chi connectivity index (χ3n) is 4.59. The second-order valence-electron chi connectivity index (χ2n) is 6.73. The average molecular weight is 509 g/mol. The normalized spacial score (nSPS) is 19.9. The van der Waals surface area contributed by atoms with E-state index < -0.39 is 41.0 Å². The minimum absolute atomic E-state index is 0.0429. The number of β-lactam (4-membered cyclic amide) rings is 1. The molecule has 1 aromatic heterocycles. The molecule has 180 valence electrons. The maximum atomic E-state index is 12.7. The van der Waals surface area contributed by atoms with Gasteiger partial charge in [0.2, 0.25) is 0 Å². The Kier molecular flexibility index (Phi) is 7.91. The number of anilines is 1.